The van der Waals surface area contributed by atoms with Crippen LogP contribution in [-0.4, -0.2) is 38.7 Å². The van der Waals surface area contributed by atoms with Crippen molar-refractivity contribution in [1.82, 2.24) is 14.9 Å². The summed E-state index contributed by atoms with van der Waals surface area (Å²) >= 11 is 0. The Morgan fingerprint density at radius 3 is 2.90 bits per heavy atom. The molecule has 2 N–H and O–H groups in total. The first kappa shape index (κ1) is 14.1. The first-order chi connectivity index (χ1) is 10.1. The molecule has 1 amide bonds. The highest BCUT2D eigenvalue weighted by Crippen LogP contribution is 2.20. The van der Waals surface area contributed by atoms with Crippen LogP contribution in [0.5, 0.6) is 0 Å². The fraction of sp³-hybridized carbons (Fsp3) is 0.643. The van der Waals surface area contributed by atoms with Gasteiger partial charge in [-0.1, -0.05) is 0 Å². The Kier molecular flexibility index (Phi) is 3.92. The highest BCUT2D eigenvalue weighted by atomic mass is 16.5. The number of aliphatic carboxylic acids is 1. The zero-order valence-corrected chi connectivity index (χ0v) is 11.7. The Bertz CT molecular complexity index is 531. The van der Waals surface area contributed by atoms with E-state index in [1.54, 1.807) is 0 Å². The van der Waals surface area contributed by atoms with Crippen LogP contribution in [0.25, 0.3) is 0 Å². The van der Waals surface area contributed by atoms with Crippen molar-refractivity contribution in [2.45, 2.75) is 57.4 Å². The summed E-state index contributed by atoms with van der Waals surface area (Å²) in [5.74, 6) is -0.189. The number of aryl methyl sites for hydroxylation is 2. The molecule has 0 aromatic carbocycles. The fourth-order valence-electron chi connectivity index (χ4n) is 2.86. The van der Waals surface area contributed by atoms with E-state index < -0.39 is 18.2 Å². The molecule has 2 aliphatic rings. The van der Waals surface area contributed by atoms with Gasteiger partial charge < -0.3 is 19.7 Å². The third-order valence-corrected chi connectivity index (χ3v) is 3.99. The topological polar surface area (TPSA) is 93.4 Å². The van der Waals surface area contributed by atoms with Gasteiger partial charge in [0.1, 0.15) is 11.9 Å². The van der Waals surface area contributed by atoms with Gasteiger partial charge in [-0.25, -0.2) is 9.78 Å². The molecule has 0 radical (unpaired) electrons. The summed E-state index contributed by atoms with van der Waals surface area (Å²) < 4.78 is 7.35. The number of nitrogens with zero attached hydrogens (tertiary/aromatic N) is 2. The Labute approximate surface area is 122 Å². The molecule has 0 aliphatic carbocycles. The summed E-state index contributed by atoms with van der Waals surface area (Å²) in [5, 5.41) is 11.6. The number of hydrogen-bond donors (Lipinski definition) is 2. The molecule has 1 fully saturated rings. The van der Waals surface area contributed by atoms with Gasteiger partial charge in [-0.15, -0.1) is 0 Å². The van der Waals surface area contributed by atoms with Crippen molar-refractivity contribution in [3.8, 4) is 0 Å². The van der Waals surface area contributed by atoms with E-state index in [1.165, 1.54) is 6.42 Å². The van der Waals surface area contributed by atoms with Crippen LogP contribution < -0.4 is 5.32 Å². The third-order valence-electron chi connectivity index (χ3n) is 3.99. The lowest BCUT2D eigenvalue weighted by Crippen LogP contribution is -2.35. The number of carboxylic acids is 1. The molecule has 0 saturated carbocycles. The maximum absolute atomic E-state index is 12.0. The van der Waals surface area contributed by atoms with Crippen molar-refractivity contribution in [3.63, 3.8) is 0 Å². The molecule has 21 heavy (non-hydrogen) atoms. The van der Waals surface area contributed by atoms with Crippen molar-refractivity contribution in [2.24, 2.45) is 0 Å². The highest BCUT2D eigenvalue weighted by molar-refractivity contribution is 5.82. The van der Waals surface area contributed by atoms with Crippen LogP contribution >= 0.6 is 0 Å². The second kappa shape index (κ2) is 5.85. The van der Waals surface area contributed by atoms with Gasteiger partial charge in [-0.05, 0) is 25.7 Å². The van der Waals surface area contributed by atoms with Gasteiger partial charge in [0.05, 0.1) is 12.2 Å². The number of carbonyl (C=O) groups excluding carboxylic acids is 1. The van der Waals surface area contributed by atoms with E-state index in [0.29, 0.717) is 19.4 Å². The number of amides is 1. The van der Waals surface area contributed by atoms with Gasteiger partial charge in [0.15, 0.2) is 6.10 Å². The van der Waals surface area contributed by atoms with Crippen LogP contribution in [0.2, 0.25) is 0 Å². The largest absolute Gasteiger partial charge is 0.479 e. The molecule has 114 valence electrons. The van der Waals surface area contributed by atoms with Crippen molar-refractivity contribution in [1.29, 1.82) is 0 Å². The number of ether oxygens (including phenoxy) is 1. The molecule has 1 aromatic rings. The Morgan fingerprint density at radius 2 is 2.19 bits per heavy atom. The Balaban J connectivity index is 1.52. The lowest BCUT2D eigenvalue weighted by Gasteiger charge is -2.11. The quantitative estimate of drug-likeness (QED) is 0.841. The third kappa shape index (κ3) is 3.07. The predicted octanol–water partition coefficient (Wildman–Crippen LogP) is 0.468. The molecule has 3 rings (SSSR count). The van der Waals surface area contributed by atoms with E-state index >= 15 is 0 Å². The van der Waals surface area contributed by atoms with E-state index in [-0.39, 0.29) is 5.91 Å². The summed E-state index contributed by atoms with van der Waals surface area (Å²) in [5.41, 5.74) is 0.841. The minimum Gasteiger partial charge on any atom is -0.479 e. The maximum Gasteiger partial charge on any atom is 0.332 e. The van der Waals surface area contributed by atoms with Gasteiger partial charge >= 0.3 is 5.97 Å². The normalized spacial score (nSPS) is 24.6. The molecule has 0 spiro atoms. The van der Waals surface area contributed by atoms with Crippen LogP contribution in [0.4, 0.5) is 0 Å². The summed E-state index contributed by atoms with van der Waals surface area (Å²) in [6.45, 7) is 1.35. The smallest absolute Gasteiger partial charge is 0.332 e. The van der Waals surface area contributed by atoms with E-state index in [4.69, 9.17) is 9.84 Å². The fourth-order valence-corrected chi connectivity index (χ4v) is 2.86. The van der Waals surface area contributed by atoms with E-state index in [1.807, 2.05) is 6.20 Å². The number of aromatic nitrogens is 2. The Morgan fingerprint density at radius 1 is 1.38 bits per heavy atom. The molecule has 1 saturated heterocycles. The standard InChI is InChI=1S/C14H19N3O4/c18-13(10-4-5-11(21-10)14(19)20)15-7-9-8-17-6-2-1-3-12(17)16-9/h8,10-11H,1-7H2,(H,15,18)(H,19,20)/t10-,11+/m1/s1. The number of carbonyl (C=O) groups is 2. The van der Waals surface area contributed by atoms with Crippen molar-refractivity contribution in [2.75, 3.05) is 0 Å². The van der Waals surface area contributed by atoms with Crippen LogP contribution in [0.3, 0.4) is 0 Å². The average molecular weight is 293 g/mol. The molecular formula is C14H19N3O4. The predicted molar refractivity (Wildman–Crippen MR) is 72.5 cm³/mol. The molecule has 0 bridgehead atoms. The first-order valence-corrected chi connectivity index (χ1v) is 7.34. The van der Waals surface area contributed by atoms with Gasteiger partial charge in [0, 0.05) is 19.2 Å². The van der Waals surface area contributed by atoms with Crippen molar-refractivity contribution in [3.05, 3.63) is 17.7 Å². The van der Waals surface area contributed by atoms with E-state index in [0.717, 1.165) is 30.9 Å². The molecule has 1 aromatic heterocycles. The second-order valence-electron chi connectivity index (χ2n) is 5.55. The molecule has 2 aliphatic heterocycles. The number of carboxylic acid groups (broad SMARTS) is 1. The van der Waals surface area contributed by atoms with Crippen LogP contribution in [-0.2, 0) is 33.8 Å². The van der Waals surface area contributed by atoms with Crippen LogP contribution in [0, 0.1) is 0 Å². The first-order valence-electron chi connectivity index (χ1n) is 7.34. The van der Waals surface area contributed by atoms with Crippen molar-refractivity contribution >= 4 is 11.9 Å². The zero-order valence-electron chi connectivity index (χ0n) is 11.7. The number of rotatable bonds is 4. The molecule has 0 unspecified atom stereocenters. The van der Waals surface area contributed by atoms with E-state index in [9.17, 15) is 9.59 Å². The summed E-state index contributed by atoms with van der Waals surface area (Å²) in [7, 11) is 0. The molecule has 7 heteroatoms. The van der Waals surface area contributed by atoms with Crippen LogP contribution in [0.15, 0.2) is 6.20 Å². The lowest BCUT2D eigenvalue weighted by atomic mass is 10.2. The Hall–Kier alpha value is -1.89. The molecule has 7 nitrogen and oxygen atoms in total. The molecule has 3 heterocycles. The summed E-state index contributed by atoms with van der Waals surface area (Å²) in [6, 6.07) is 0. The summed E-state index contributed by atoms with van der Waals surface area (Å²) in [4.78, 5) is 27.3. The van der Waals surface area contributed by atoms with Gasteiger partial charge in [-0.2, -0.15) is 0 Å². The minimum atomic E-state index is -1.01. The SMILES string of the molecule is O=C(O)[C@@H]1CC[C@H](C(=O)NCc2cn3c(n2)CCCC3)O1. The van der Waals surface area contributed by atoms with E-state index in [2.05, 4.69) is 14.9 Å². The zero-order chi connectivity index (χ0) is 14.8. The number of imidazole rings is 1. The van der Waals surface area contributed by atoms with Gasteiger partial charge in [0.2, 0.25) is 5.91 Å². The number of fused-ring (bicyclic) bond motifs is 1. The number of nitrogens with one attached hydrogen (secondary N) is 1. The minimum absolute atomic E-state index is 0.260. The van der Waals surface area contributed by atoms with Crippen LogP contribution in [0.1, 0.15) is 37.2 Å². The highest BCUT2D eigenvalue weighted by Gasteiger charge is 2.34. The lowest BCUT2D eigenvalue weighted by molar-refractivity contribution is -0.151. The maximum atomic E-state index is 12.0. The monoisotopic (exact) mass is 293 g/mol. The molecule has 2 atom stereocenters. The number of hydrogen-bond acceptors (Lipinski definition) is 4. The van der Waals surface area contributed by atoms with Gasteiger partial charge in [-0.3, -0.25) is 4.79 Å². The summed E-state index contributed by atoms with van der Waals surface area (Å²) in [6.07, 6.45) is 4.60. The van der Waals surface area contributed by atoms with Gasteiger partial charge in [0.25, 0.3) is 0 Å². The van der Waals surface area contributed by atoms with Crippen molar-refractivity contribution < 1.29 is 19.4 Å². The molecular weight excluding hydrogens is 274 g/mol. The average Bonchev–Trinajstić information content (AvgIpc) is 3.11. The second-order valence-corrected chi connectivity index (χ2v) is 5.55.